The third kappa shape index (κ3) is 4.46. The summed E-state index contributed by atoms with van der Waals surface area (Å²) in [6.45, 7) is 3.67. The third-order valence-corrected chi connectivity index (χ3v) is 5.81. The van der Waals surface area contributed by atoms with Gasteiger partial charge in [0.05, 0.1) is 6.54 Å². The van der Waals surface area contributed by atoms with Gasteiger partial charge in [-0.3, -0.25) is 9.48 Å². The summed E-state index contributed by atoms with van der Waals surface area (Å²) in [6.07, 6.45) is 2.82. The Kier molecular flexibility index (Phi) is 6.00. The molecule has 1 heterocycles. The molecule has 0 fully saturated rings. The van der Waals surface area contributed by atoms with Gasteiger partial charge in [0.2, 0.25) is 0 Å². The Balaban J connectivity index is 1.55. The van der Waals surface area contributed by atoms with Gasteiger partial charge in [-0.25, -0.2) is 0 Å². The molecule has 156 valence electrons. The summed E-state index contributed by atoms with van der Waals surface area (Å²) in [4.78, 5) is 14.5. The molecule has 0 spiro atoms. The van der Waals surface area contributed by atoms with E-state index >= 15 is 0 Å². The molecule has 5 heteroatoms. The van der Waals surface area contributed by atoms with Crippen LogP contribution in [0.15, 0.2) is 54.6 Å². The average molecular weight is 403 g/mol. The Labute approximate surface area is 178 Å². The number of nitrogens with zero attached hydrogens (tertiary/aromatic N) is 3. The zero-order valence-corrected chi connectivity index (χ0v) is 18.1. The number of fused-ring (bicyclic) bond motifs is 1. The SMILES string of the molecule is Cc1cccc(CNC2CCc3c(c(C(=O)N(C)C)nn3Cc3ccccc3)C2)c1. The van der Waals surface area contributed by atoms with E-state index in [0.29, 0.717) is 18.3 Å². The second kappa shape index (κ2) is 8.84. The quantitative estimate of drug-likeness (QED) is 0.686. The number of carbonyl (C=O) groups is 1. The number of aromatic nitrogens is 2. The first kappa shape index (κ1) is 20.4. The third-order valence-electron chi connectivity index (χ3n) is 5.81. The summed E-state index contributed by atoms with van der Waals surface area (Å²) >= 11 is 0. The fourth-order valence-corrected chi connectivity index (χ4v) is 4.22. The maximum absolute atomic E-state index is 12.8. The lowest BCUT2D eigenvalue weighted by atomic mass is 9.90. The van der Waals surface area contributed by atoms with Crippen LogP contribution in [0.25, 0.3) is 0 Å². The lowest BCUT2D eigenvalue weighted by molar-refractivity contribution is 0.0820. The normalized spacial score (nSPS) is 15.6. The van der Waals surface area contributed by atoms with Crippen LogP contribution in [0, 0.1) is 6.92 Å². The molecule has 1 amide bonds. The molecular weight excluding hydrogens is 372 g/mol. The van der Waals surface area contributed by atoms with Gasteiger partial charge in [-0.1, -0.05) is 60.2 Å². The molecule has 1 aliphatic rings. The minimum Gasteiger partial charge on any atom is -0.343 e. The number of hydrogen-bond acceptors (Lipinski definition) is 3. The van der Waals surface area contributed by atoms with Gasteiger partial charge in [-0.15, -0.1) is 0 Å². The molecule has 1 unspecified atom stereocenters. The van der Waals surface area contributed by atoms with E-state index in [2.05, 4.69) is 48.6 Å². The summed E-state index contributed by atoms with van der Waals surface area (Å²) in [6, 6.07) is 19.3. The molecule has 1 N–H and O–H groups in total. The van der Waals surface area contributed by atoms with Crippen molar-refractivity contribution in [2.24, 2.45) is 0 Å². The van der Waals surface area contributed by atoms with E-state index in [4.69, 9.17) is 5.10 Å². The molecular formula is C25H30N4O. The van der Waals surface area contributed by atoms with Crippen molar-refractivity contribution in [3.05, 3.63) is 88.2 Å². The molecule has 1 aromatic heterocycles. The monoisotopic (exact) mass is 402 g/mol. The van der Waals surface area contributed by atoms with Crippen molar-refractivity contribution in [1.29, 1.82) is 0 Å². The van der Waals surface area contributed by atoms with Crippen LogP contribution in [-0.2, 0) is 25.9 Å². The fraction of sp³-hybridized carbons (Fsp3) is 0.360. The highest BCUT2D eigenvalue weighted by Crippen LogP contribution is 2.26. The van der Waals surface area contributed by atoms with Crippen LogP contribution < -0.4 is 5.32 Å². The van der Waals surface area contributed by atoms with Crippen molar-refractivity contribution >= 4 is 5.91 Å². The summed E-state index contributed by atoms with van der Waals surface area (Å²) in [7, 11) is 3.59. The summed E-state index contributed by atoms with van der Waals surface area (Å²) in [5.41, 5.74) is 6.70. The molecule has 1 atom stereocenters. The Morgan fingerprint density at radius 2 is 1.90 bits per heavy atom. The topological polar surface area (TPSA) is 50.2 Å². The van der Waals surface area contributed by atoms with E-state index in [1.165, 1.54) is 22.4 Å². The predicted octanol–water partition coefficient (Wildman–Crippen LogP) is 3.59. The van der Waals surface area contributed by atoms with Crippen molar-refractivity contribution < 1.29 is 4.79 Å². The minimum atomic E-state index is -0.0163. The van der Waals surface area contributed by atoms with Gasteiger partial charge in [0.15, 0.2) is 5.69 Å². The molecule has 3 aromatic rings. The van der Waals surface area contributed by atoms with Gasteiger partial charge in [0.25, 0.3) is 5.91 Å². The summed E-state index contributed by atoms with van der Waals surface area (Å²) in [5, 5.41) is 8.47. The number of carbonyl (C=O) groups excluding carboxylic acids is 1. The van der Waals surface area contributed by atoms with Crippen LogP contribution in [-0.4, -0.2) is 40.7 Å². The molecule has 1 aliphatic carbocycles. The Hall–Kier alpha value is -2.92. The van der Waals surface area contributed by atoms with Gasteiger partial charge >= 0.3 is 0 Å². The lowest BCUT2D eigenvalue weighted by Gasteiger charge is -2.25. The Morgan fingerprint density at radius 1 is 1.13 bits per heavy atom. The van der Waals surface area contributed by atoms with Crippen LogP contribution in [0.1, 0.15) is 44.9 Å². The van der Waals surface area contributed by atoms with Crippen LogP contribution in [0.3, 0.4) is 0 Å². The van der Waals surface area contributed by atoms with Crippen molar-refractivity contribution in [2.75, 3.05) is 14.1 Å². The molecule has 5 nitrogen and oxygen atoms in total. The molecule has 30 heavy (non-hydrogen) atoms. The van der Waals surface area contributed by atoms with Crippen molar-refractivity contribution in [3.63, 3.8) is 0 Å². The highest BCUT2D eigenvalue weighted by atomic mass is 16.2. The average Bonchev–Trinajstić information content (AvgIpc) is 3.10. The van der Waals surface area contributed by atoms with E-state index in [1.54, 1.807) is 19.0 Å². The number of aryl methyl sites for hydroxylation is 1. The highest BCUT2D eigenvalue weighted by molar-refractivity contribution is 5.93. The number of benzene rings is 2. The van der Waals surface area contributed by atoms with E-state index in [-0.39, 0.29) is 5.91 Å². The maximum atomic E-state index is 12.8. The lowest BCUT2D eigenvalue weighted by Crippen LogP contribution is -2.35. The van der Waals surface area contributed by atoms with Crippen LogP contribution in [0.4, 0.5) is 0 Å². The molecule has 0 radical (unpaired) electrons. The van der Waals surface area contributed by atoms with Crippen molar-refractivity contribution in [1.82, 2.24) is 20.0 Å². The second-order valence-corrected chi connectivity index (χ2v) is 8.43. The fourth-order valence-electron chi connectivity index (χ4n) is 4.22. The maximum Gasteiger partial charge on any atom is 0.274 e. The van der Waals surface area contributed by atoms with Gasteiger partial charge in [0, 0.05) is 37.9 Å². The standard InChI is InChI=1S/C25H30N4O/c1-18-8-7-11-20(14-18)16-26-21-12-13-23-22(15-21)24(25(30)28(2)3)27-29(23)17-19-9-5-4-6-10-19/h4-11,14,21,26H,12-13,15-17H2,1-3H3. The zero-order chi connectivity index (χ0) is 21.1. The van der Waals surface area contributed by atoms with Gasteiger partial charge < -0.3 is 10.2 Å². The van der Waals surface area contributed by atoms with Crippen LogP contribution in [0.5, 0.6) is 0 Å². The molecule has 0 aliphatic heterocycles. The largest absolute Gasteiger partial charge is 0.343 e. The minimum absolute atomic E-state index is 0.0163. The van der Waals surface area contributed by atoms with Crippen molar-refractivity contribution in [3.8, 4) is 0 Å². The van der Waals surface area contributed by atoms with Gasteiger partial charge in [-0.05, 0) is 37.3 Å². The smallest absolute Gasteiger partial charge is 0.274 e. The first-order chi connectivity index (χ1) is 14.5. The van der Waals surface area contributed by atoms with Gasteiger partial charge in [-0.2, -0.15) is 5.10 Å². The molecule has 0 saturated heterocycles. The predicted molar refractivity (Wildman–Crippen MR) is 120 cm³/mol. The van der Waals surface area contributed by atoms with Crippen molar-refractivity contribution in [2.45, 2.75) is 45.3 Å². The van der Waals surface area contributed by atoms with Gasteiger partial charge in [0.1, 0.15) is 0 Å². The van der Waals surface area contributed by atoms with E-state index < -0.39 is 0 Å². The first-order valence-corrected chi connectivity index (χ1v) is 10.6. The zero-order valence-electron chi connectivity index (χ0n) is 18.1. The summed E-state index contributed by atoms with van der Waals surface area (Å²) in [5.74, 6) is -0.0163. The number of amides is 1. The van der Waals surface area contributed by atoms with E-state index in [1.807, 2.05) is 22.9 Å². The number of nitrogens with one attached hydrogen (secondary N) is 1. The Morgan fingerprint density at radius 3 is 2.63 bits per heavy atom. The number of rotatable bonds is 6. The molecule has 4 rings (SSSR count). The second-order valence-electron chi connectivity index (χ2n) is 8.43. The summed E-state index contributed by atoms with van der Waals surface area (Å²) < 4.78 is 2.04. The molecule has 0 bridgehead atoms. The van der Waals surface area contributed by atoms with E-state index in [9.17, 15) is 4.79 Å². The van der Waals surface area contributed by atoms with E-state index in [0.717, 1.165) is 31.4 Å². The molecule has 0 saturated carbocycles. The Bertz CT molecular complexity index is 1020. The first-order valence-electron chi connectivity index (χ1n) is 10.6. The highest BCUT2D eigenvalue weighted by Gasteiger charge is 2.29. The number of hydrogen-bond donors (Lipinski definition) is 1. The van der Waals surface area contributed by atoms with Crippen LogP contribution >= 0.6 is 0 Å². The van der Waals surface area contributed by atoms with Crippen LogP contribution in [0.2, 0.25) is 0 Å². The molecule has 2 aromatic carbocycles.